The van der Waals surface area contributed by atoms with Crippen LogP contribution in [0.15, 0.2) is 37.2 Å². The molecule has 8 unspecified atom stereocenters. The standard InChI is InChI=1S/C42H48Cl2N10O14P2S/c1-7-32(57)62-20-71-70(61,63-16-29-26(66-33(58)11-8-22(4)56)13-30(65-29)53-18-47-34-36(45-17-46-37(34)53)49-42(60)69(5)6)68-27-14-31(64-28(27)15-55)54-19-48-35-38(54)50-41(51-39(59)21(2)3)52-40(35)67-25-12-23(43)9-10-24(25)44/h9-10,12,17-19,21,26-31,55H,5,7-8,11,13-16,20H2,1-4,6H3,(H-,45,46,49,50,51,52,59,60)/p+1. The number of fused-ring (bicyclic) bond motifs is 2. The third kappa shape index (κ3) is 13.3. The Morgan fingerprint density at radius 3 is 2.35 bits per heavy atom. The molecule has 2 amide bonds. The van der Waals surface area contributed by atoms with Crippen LogP contribution in [0.25, 0.3) is 22.3 Å². The van der Waals surface area contributed by atoms with E-state index in [1.165, 1.54) is 42.6 Å². The Balaban J connectivity index is 1.15. The quantitative estimate of drug-likeness (QED) is 0.0344. The van der Waals surface area contributed by atoms with Crippen LogP contribution in [0.1, 0.15) is 72.3 Å². The first-order valence-corrected chi connectivity index (χ1v) is 27.8. The number of amides is 2. The Morgan fingerprint density at radius 1 is 0.958 bits per heavy atom. The summed E-state index contributed by atoms with van der Waals surface area (Å²) in [6.45, 7) is 2.38. The smallest absolute Gasteiger partial charge is 0.421 e. The van der Waals surface area contributed by atoms with Crippen molar-refractivity contribution in [3.63, 3.8) is 0 Å². The first-order valence-electron chi connectivity index (χ1n) is 21.9. The molecule has 7 rings (SSSR count). The lowest BCUT2D eigenvalue weighted by Gasteiger charge is -2.25. The van der Waals surface area contributed by atoms with E-state index in [2.05, 4.69) is 46.8 Å². The van der Waals surface area contributed by atoms with E-state index in [1.807, 2.05) is 0 Å². The summed E-state index contributed by atoms with van der Waals surface area (Å²) < 4.78 is 60.0. The zero-order valence-corrected chi connectivity index (χ0v) is 42.9. The number of hydrogen-bond donors (Lipinski definition) is 3. The van der Waals surface area contributed by atoms with Gasteiger partial charge in [-0.15, -0.1) is 0 Å². The van der Waals surface area contributed by atoms with E-state index in [4.69, 9.17) is 55.9 Å². The molecule has 0 radical (unpaired) electrons. The number of nitrogens with one attached hydrogen (secondary N) is 2. The molecule has 2 saturated heterocycles. The van der Waals surface area contributed by atoms with E-state index < -0.39 is 94.1 Å². The van der Waals surface area contributed by atoms with Gasteiger partial charge in [-0.2, -0.15) is 9.97 Å². The van der Waals surface area contributed by atoms with Crippen LogP contribution in [-0.4, -0.2) is 130 Å². The minimum Gasteiger partial charge on any atom is -0.459 e. The molecule has 3 N–H and O–H groups in total. The summed E-state index contributed by atoms with van der Waals surface area (Å²) in [6.07, 6.45) is 1.14. The van der Waals surface area contributed by atoms with Crippen molar-refractivity contribution in [2.24, 2.45) is 5.92 Å². The van der Waals surface area contributed by atoms with Crippen molar-refractivity contribution in [1.29, 1.82) is 0 Å². The maximum absolute atomic E-state index is 14.9. The summed E-state index contributed by atoms with van der Waals surface area (Å²) in [7, 11) is -1.25. The first-order chi connectivity index (χ1) is 33.8. The number of rotatable bonds is 22. The number of aromatic nitrogens is 8. The summed E-state index contributed by atoms with van der Waals surface area (Å²) in [5.74, 6) is -2.78. The number of carbonyl (C=O) groups excluding carboxylic acids is 5. The van der Waals surface area contributed by atoms with Gasteiger partial charge in [0.1, 0.15) is 67.3 Å². The second-order valence-corrected chi connectivity index (χ2v) is 22.9. The molecule has 29 heteroatoms. The second kappa shape index (κ2) is 23.6. The Morgan fingerprint density at radius 2 is 1.66 bits per heavy atom. The van der Waals surface area contributed by atoms with E-state index in [-0.39, 0.29) is 94.3 Å². The van der Waals surface area contributed by atoms with E-state index in [1.54, 1.807) is 38.1 Å². The maximum Gasteiger partial charge on any atom is 0.421 e. The largest absolute Gasteiger partial charge is 0.459 e. The number of esters is 2. The van der Waals surface area contributed by atoms with Gasteiger partial charge in [-0.1, -0.05) is 44.0 Å². The molecule has 4 aromatic heterocycles. The van der Waals surface area contributed by atoms with Crippen molar-refractivity contribution >= 4 is 119 Å². The Labute approximate surface area is 420 Å². The fourth-order valence-corrected chi connectivity index (χ4v) is 10.5. The van der Waals surface area contributed by atoms with Crippen molar-refractivity contribution in [3.05, 3.63) is 47.2 Å². The van der Waals surface area contributed by atoms with Gasteiger partial charge >= 0.3 is 24.4 Å². The SMILES string of the molecule is C=[P+](C)C(=O)Nc1ncnc2c1ncn2C1CC(OC(=O)CCC(C)=O)C(COP(=O)(OC2CC(n3cnc4c(Oc5cc(Cl)ccc5Cl)nc(NC(=O)C(C)C)nc43)OC2CO)SCOC(=O)CC)O1. The molecule has 0 bridgehead atoms. The van der Waals surface area contributed by atoms with Crippen molar-refractivity contribution in [1.82, 2.24) is 39.0 Å². The number of imidazole rings is 2. The predicted molar refractivity (Wildman–Crippen MR) is 261 cm³/mol. The molecule has 2 fully saturated rings. The topological polar surface area (TPSA) is 299 Å². The summed E-state index contributed by atoms with van der Waals surface area (Å²) in [5, 5.41) is 16.5. The molecule has 71 heavy (non-hydrogen) atoms. The predicted octanol–water partition coefficient (Wildman–Crippen LogP) is 7.44. The van der Waals surface area contributed by atoms with Gasteiger partial charge in [0.2, 0.25) is 11.9 Å². The third-order valence-corrected chi connectivity index (χ3v) is 15.4. The van der Waals surface area contributed by atoms with Gasteiger partial charge in [0, 0.05) is 54.1 Å². The number of Topliss-reactive ketones (excluding diaryl/α,β-unsaturated/α-hetero) is 1. The Hall–Kier alpha value is -5.20. The first kappa shape index (κ1) is 53.6. The Kier molecular flexibility index (Phi) is 17.8. The third-order valence-electron chi connectivity index (χ3n) is 10.7. The van der Waals surface area contributed by atoms with Crippen molar-refractivity contribution in [2.75, 3.05) is 36.5 Å². The van der Waals surface area contributed by atoms with E-state index in [9.17, 15) is 33.6 Å². The summed E-state index contributed by atoms with van der Waals surface area (Å²) in [5.41, 5.74) is 0.419. The molecule has 0 saturated carbocycles. The van der Waals surface area contributed by atoms with Crippen molar-refractivity contribution in [3.8, 4) is 11.6 Å². The number of benzene rings is 1. The number of halogens is 2. The lowest BCUT2D eigenvalue weighted by atomic mass is 10.2. The van der Waals surface area contributed by atoms with Crippen LogP contribution in [0.2, 0.25) is 10.0 Å². The molecule has 2 aliphatic heterocycles. The molecule has 6 heterocycles. The van der Waals surface area contributed by atoms with Gasteiger partial charge in [-0.05, 0) is 19.1 Å². The van der Waals surface area contributed by atoms with Crippen LogP contribution in [0, 0.1) is 5.92 Å². The number of aliphatic hydroxyl groups excluding tert-OH is 1. The zero-order valence-electron chi connectivity index (χ0n) is 38.8. The van der Waals surface area contributed by atoms with Crippen LogP contribution in [0.5, 0.6) is 11.6 Å². The number of ketones is 1. The highest BCUT2D eigenvalue weighted by atomic mass is 35.5. The fraction of sp³-hybridized carbons (Fsp3) is 0.476. The second-order valence-electron chi connectivity index (χ2n) is 16.3. The van der Waals surface area contributed by atoms with Gasteiger partial charge < -0.3 is 33.6 Å². The monoisotopic (exact) mass is 1080 g/mol. The molecule has 380 valence electrons. The minimum atomic E-state index is -4.45. The zero-order chi connectivity index (χ0) is 51.1. The van der Waals surface area contributed by atoms with Crippen molar-refractivity contribution in [2.45, 2.75) is 96.7 Å². The van der Waals surface area contributed by atoms with Gasteiger partial charge in [-0.3, -0.25) is 43.2 Å². The Bertz CT molecular complexity index is 2890. The minimum absolute atomic E-state index is 0.0114. The maximum atomic E-state index is 14.9. The molecule has 1 aromatic carbocycles. The molecule has 2 aliphatic rings. The number of nitrogens with zero attached hydrogens (tertiary/aromatic N) is 8. The average Bonchev–Trinajstić information content (AvgIpc) is 4.14. The molecule has 8 atom stereocenters. The molecular weight excluding hydrogens is 1030 g/mol. The van der Waals surface area contributed by atoms with Gasteiger partial charge in [0.25, 0.3) is 5.88 Å². The van der Waals surface area contributed by atoms with Crippen LogP contribution in [0.4, 0.5) is 16.6 Å². The highest BCUT2D eigenvalue weighted by Crippen LogP contribution is 2.63. The van der Waals surface area contributed by atoms with Crippen molar-refractivity contribution < 1.29 is 66.4 Å². The molecule has 0 spiro atoms. The summed E-state index contributed by atoms with van der Waals surface area (Å²) >= 11 is 13.2. The van der Waals surface area contributed by atoms with E-state index >= 15 is 0 Å². The molecule has 5 aromatic rings. The van der Waals surface area contributed by atoms with Crippen LogP contribution >= 0.6 is 48.9 Å². The highest BCUT2D eigenvalue weighted by molar-refractivity contribution is 8.55. The lowest BCUT2D eigenvalue weighted by Crippen LogP contribution is -2.31. The molecule has 0 aliphatic carbocycles. The van der Waals surface area contributed by atoms with E-state index in [0.717, 1.165) is 0 Å². The molecule has 24 nitrogen and oxygen atoms in total. The number of hydrogen-bond acceptors (Lipinski definition) is 21. The van der Waals surface area contributed by atoms with Gasteiger partial charge in [0.15, 0.2) is 35.7 Å². The normalized spacial score (nSPS) is 21.0. The lowest BCUT2D eigenvalue weighted by molar-refractivity contribution is -0.153. The number of aliphatic hydroxyl groups is 1. The van der Waals surface area contributed by atoms with Crippen LogP contribution < -0.4 is 15.4 Å². The average molecular weight is 1080 g/mol. The van der Waals surface area contributed by atoms with Gasteiger partial charge in [0.05, 0.1) is 43.6 Å². The van der Waals surface area contributed by atoms with Crippen LogP contribution in [0.3, 0.4) is 0 Å². The summed E-state index contributed by atoms with van der Waals surface area (Å²) in [4.78, 5) is 88.6. The van der Waals surface area contributed by atoms with Gasteiger partial charge in [-0.25, -0.2) is 29.3 Å². The highest BCUT2D eigenvalue weighted by Gasteiger charge is 2.46. The fourth-order valence-electron chi connectivity index (χ4n) is 6.98. The number of anilines is 2. The number of ether oxygens (including phenoxy) is 5. The molecular formula is C42H49Cl2N10O14P2S+. The summed E-state index contributed by atoms with van der Waals surface area (Å²) in [6, 6.07) is 4.57. The van der Waals surface area contributed by atoms with Crippen LogP contribution in [-0.2, 0) is 51.7 Å². The van der Waals surface area contributed by atoms with E-state index in [0.29, 0.717) is 16.4 Å². The number of carbonyl (C=O) groups is 5.